The molecule has 1 aromatic rings. The van der Waals surface area contributed by atoms with E-state index in [4.69, 9.17) is 0 Å². The standard InChI is InChI=1S/C16H21N3O3S/c1-5-8-17-16(20)13-6-7-14-15(9-13)23(21,22)18-12(4)19(14)10-11(2)3/h5-7,9,11H,1,8,10H2,2-4H3,(H,17,20). The average Bonchev–Trinajstić information content (AvgIpc) is 2.48. The van der Waals surface area contributed by atoms with Gasteiger partial charge in [0.05, 0.1) is 5.69 Å². The molecule has 23 heavy (non-hydrogen) atoms. The van der Waals surface area contributed by atoms with Gasteiger partial charge in [-0.05, 0) is 31.0 Å². The molecule has 1 aliphatic heterocycles. The van der Waals surface area contributed by atoms with Crippen LogP contribution in [0.25, 0.3) is 0 Å². The number of nitrogens with one attached hydrogen (secondary N) is 1. The summed E-state index contributed by atoms with van der Waals surface area (Å²) in [4.78, 5) is 14.0. The minimum absolute atomic E-state index is 0.0648. The minimum atomic E-state index is -3.79. The lowest BCUT2D eigenvalue weighted by Gasteiger charge is -2.30. The van der Waals surface area contributed by atoms with Crippen LogP contribution in [-0.4, -0.2) is 33.3 Å². The smallest absolute Gasteiger partial charge is 0.286 e. The second-order valence-electron chi connectivity index (χ2n) is 5.80. The van der Waals surface area contributed by atoms with Gasteiger partial charge in [0.15, 0.2) is 0 Å². The number of carbonyl (C=O) groups excluding carboxylic acids is 1. The topological polar surface area (TPSA) is 78.8 Å². The molecule has 0 aromatic heterocycles. The summed E-state index contributed by atoms with van der Waals surface area (Å²) >= 11 is 0. The van der Waals surface area contributed by atoms with Gasteiger partial charge in [-0.3, -0.25) is 4.79 Å². The fourth-order valence-corrected chi connectivity index (χ4v) is 3.66. The number of rotatable bonds is 5. The maximum atomic E-state index is 12.3. The zero-order chi connectivity index (χ0) is 17.2. The van der Waals surface area contributed by atoms with Crippen LogP contribution in [0.3, 0.4) is 0 Å². The van der Waals surface area contributed by atoms with Gasteiger partial charge in [0.1, 0.15) is 10.7 Å². The largest absolute Gasteiger partial charge is 0.349 e. The van der Waals surface area contributed by atoms with Gasteiger partial charge in [0.25, 0.3) is 15.9 Å². The summed E-state index contributed by atoms with van der Waals surface area (Å²) < 4.78 is 28.5. The van der Waals surface area contributed by atoms with E-state index in [0.29, 0.717) is 30.5 Å². The molecule has 2 rings (SSSR count). The fraction of sp³-hybridized carbons (Fsp3) is 0.375. The number of benzene rings is 1. The van der Waals surface area contributed by atoms with Gasteiger partial charge >= 0.3 is 0 Å². The summed E-state index contributed by atoms with van der Waals surface area (Å²) in [6.45, 7) is 10.3. The van der Waals surface area contributed by atoms with Gasteiger partial charge in [-0.2, -0.15) is 8.42 Å². The second kappa shape index (κ2) is 6.54. The third-order valence-corrected chi connectivity index (χ3v) is 4.78. The number of amides is 1. The van der Waals surface area contributed by atoms with Crippen LogP contribution in [-0.2, 0) is 10.0 Å². The van der Waals surface area contributed by atoms with Gasteiger partial charge in [0, 0.05) is 18.7 Å². The number of nitrogens with zero attached hydrogens (tertiary/aromatic N) is 2. The van der Waals surface area contributed by atoms with E-state index in [0.717, 1.165) is 0 Å². The predicted molar refractivity (Wildman–Crippen MR) is 91.5 cm³/mol. The molecule has 1 heterocycles. The zero-order valence-electron chi connectivity index (χ0n) is 13.5. The van der Waals surface area contributed by atoms with Gasteiger partial charge in [-0.1, -0.05) is 19.9 Å². The molecule has 6 nitrogen and oxygen atoms in total. The summed E-state index contributed by atoms with van der Waals surface area (Å²) in [6, 6.07) is 4.67. The molecule has 0 spiro atoms. The Morgan fingerprint density at radius 2 is 2.13 bits per heavy atom. The minimum Gasteiger partial charge on any atom is -0.349 e. The first-order valence-corrected chi connectivity index (χ1v) is 8.82. The van der Waals surface area contributed by atoms with Crippen LogP contribution < -0.4 is 10.2 Å². The number of amidine groups is 1. The van der Waals surface area contributed by atoms with Crippen LogP contribution in [0, 0.1) is 5.92 Å². The highest BCUT2D eigenvalue weighted by atomic mass is 32.2. The number of carbonyl (C=O) groups is 1. The number of hydrogen-bond donors (Lipinski definition) is 1. The Bertz CT molecular complexity index is 767. The molecule has 0 saturated carbocycles. The molecule has 0 saturated heterocycles. The molecular formula is C16H21N3O3S. The van der Waals surface area contributed by atoms with Crippen molar-refractivity contribution in [3.05, 3.63) is 36.4 Å². The normalized spacial score (nSPS) is 15.8. The zero-order valence-corrected chi connectivity index (χ0v) is 14.4. The van der Waals surface area contributed by atoms with Gasteiger partial charge < -0.3 is 10.2 Å². The van der Waals surface area contributed by atoms with Crippen molar-refractivity contribution in [1.29, 1.82) is 0 Å². The maximum Gasteiger partial charge on any atom is 0.286 e. The fourth-order valence-electron chi connectivity index (χ4n) is 2.39. The lowest BCUT2D eigenvalue weighted by Crippen LogP contribution is -2.37. The van der Waals surface area contributed by atoms with E-state index in [1.807, 2.05) is 18.7 Å². The molecule has 0 aliphatic carbocycles. The number of sulfonamides is 1. The molecule has 124 valence electrons. The molecule has 1 aromatic carbocycles. The lowest BCUT2D eigenvalue weighted by atomic mass is 10.1. The number of anilines is 1. The Kier molecular flexibility index (Phi) is 4.89. The first kappa shape index (κ1) is 17.2. The maximum absolute atomic E-state index is 12.3. The molecular weight excluding hydrogens is 314 g/mol. The Hall–Kier alpha value is -2.15. The van der Waals surface area contributed by atoms with E-state index < -0.39 is 10.0 Å². The van der Waals surface area contributed by atoms with Crippen molar-refractivity contribution in [1.82, 2.24) is 5.32 Å². The van der Waals surface area contributed by atoms with Gasteiger partial charge in [-0.15, -0.1) is 11.0 Å². The molecule has 0 radical (unpaired) electrons. The Morgan fingerprint density at radius 1 is 1.43 bits per heavy atom. The highest BCUT2D eigenvalue weighted by Gasteiger charge is 2.30. The molecule has 1 aliphatic rings. The SMILES string of the molecule is C=CCNC(=O)c1ccc2c(c1)S(=O)(=O)N=C(C)N2CC(C)C. The molecule has 0 atom stereocenters. The summed E-state index contributed by atoms with van der Waals surface area (Å²) in [5.74, 6) is 0.434. The third kappa shape index (κ3) is 3.61. The van der Waals surface area contributed by atoms with Crippen LogP contribution in [0.5, 0.6) is 0 Å². The molecule has 1 N–H and O–H groups in total. The van der Waals surface area contributed by atoms with E-state index >= 15 is 0 Å². The van der Waals surface area contributed by atoms with Crippen LogP contribution in [0.4, 0.5) is 5.69 Å². The monoisotopic (exact) mass is 335 g/mol. The molecule has 7 heteroatoms. The van der Waals surface area contributed by atoms with E-state index in [9.17, 15) is 13.2 Å². The Morgan fingerprint density at radius 3 is 2.74 bits per heavy atom. The average molecular weight is 335 g/mol. The van der Waals surface area contributed by atoms with Crippen molar-refractivity contribution >= 4 is 27.5 Å². The van der Waals surface area contributed by atoms with Crippen molar-refractivity contribution in [2.24, 2.45) is 10.3 Å². The van der Waals surface area contributed by atoms with E-state index in [-0.39, 0.29) is 16.4 Å². The highest BCUT2D eigenvalue weighted by molar-refractivity contribution is 7.90. The quantitative estimate of drug-likeness (QED) is 0.837. The molecule has 0 unspecified atom stereocenters. The second-order valence-corrected chi connectivity index (χ2v) is 7.37. The summed E-state index contributed by atoms with van der Waals surface area (Å²) in [7, 11) is -3.79. The first-order valence-electron chi connectivity index (χ1n) is 7.38. The number of hydrogen-bond acceptors (Lipinski definition) is 4. The molecule has 0 bridgehead atoms. The third-order valence-electron chi connectivity index (χ3n) is 3.39. The van der Waals surface area contributed by atoms with Crippen molar-refractivity contribution in [3.8, 4) is 0 Å². The highest BCUT2D eigenvalue weighted by Crippen LogP contribution is 2.33. The summed E-state index contributed by atoms with van der Waals surface area (Å²) in [5.41, 5.74) is 0.847. The Labute approximate surface area is 137 Å². The van der Waals surface area contributed by atoms with Crippen molar-refractivity contribution < 1.29 is 13.2 Å². The predicted octanol–water partition coefficient (Wildman–Crippen LogP) is 2.19. The van der Waals surface area contributed by atoms with Crippen molar-refractivity contribution in [2.75, 3.05) is 18.0 Å². The van der Waals surface area contributed by atoms with E-state index in [1.165, 1.54) is 6.07 Å². The molecule has 0 fully saturated rings. The van der Waals surface area contributed by atoms with Crippen LogP contribution in [0.15, 0.2) is 40.1 Å². The molecule has 1 amide bonds. The van der Waals surface area contributed by atoms with Crippen LogP contribution >= 0.6 is 0 Å². The van der Waals surface area contributed by atoms with Gasteiger partial charge in [-0.25, -0.2) is 0 Å². The van der Waals surface area contributed by atoms with Crippen LogP contribution in [0.2, 0.25) is 0 Å². The van der Waals surface area contributed by atoms with E-state index in [2.05, 4.69) is 16.3 Å². The summed E-state index contributed by atoms with van der Waals surface area (Å²) in [6.07, 6.45) is 1.56. The summed E-state index contributed by atoms with van der Waals surface area (Å²) in [5, 5.41) is 2.63. The van der Waals surface area contributed by atoms with Crippen LogP contribution in [0.1, 0.15) is 31.1 Å². The van der Waals surface area contributed by atoms with E-state index in [1.54, 1.807) is 25.1 Å². The van der Waals surface area contributed by atoms with Crippen molar-refractivity contribution in [2.45, 2.75) is 25.7 Å². The first-order chi connectivity index (χ1) is 10.8. The lowest BCUT2D eigenvalue weighted by molar-refractivity contribution is 0.0958. The number of fused-ring (bicyclic) bond motifs is 1. The Balaban J connectivity index is 2.49. The van der Waals surface area contributed by atoms with Crippen molar-refractivity contribution in [3.63, 3.8) is 0 Å². The van der Waals surface area contributed by atoms with Gasteiger partial charge in [0.2, 0.25) is 0 Å².